The molecule has 118 valence electrons. The van der Waals surface area contributed by atoms with Gasteiger partial charge in [0.05, 0.1) is 0 Å². The van der Waals surface area contributed by atoms with Crippen molar-refractivity contribution in [2.75, 3.05) is 0 Å². The zero-order valence-corrected chi connectivity index (χ0v) is 13.2. The minimum atomic E-state index is -4.18. The van der Waals surface area contributed by atoms with Crippen LogP contribution in [0.4, 0.5) is 13.2 Å². The number of hydrogen-bond donors (Lipinski definition) is 1. The standard InChI is InChI=1S/C14H16Cl2F3NO/c1-13(2,4-3-5-14(17,18)19)20-12(21)9-6-10(15)8-11(16)7-9/h6-8H,3-5H2,1-2H3,(H,20,21). The summed E-state index contributed by atoms with van der Waals surface area (Å²) in [7, 11) is 0. The second kappa shape index (κ2) is 6.88. The fraction of sp³-hybridized carbons (Fsp3) is 0.500. The Balaban J connectivity index is 2.63. The lowest BCUT2D eigenvalue weighted by atomic mass is 9.96. The van der Waals surface area contributed by atoms with Gasteiger partial charge in [0.25, 0.3) is 5.91 Å². The molecule has 1 aromatic rings. The summed E-state index contributed by atoms with van der Waals surface area (Å²) in [6, 6.07) is 4.40. The highest BCUT2D eigenvalue weighted by molar-refractivity contribution is 6.35. The lowest BCUT2D eigenvalue weighted by Gasteiger charge is -2.26. The largest absolute Gasteiger partial charge is 0.389 e. The molecule has 0 aliphatic heterocycles. The number of rotatable bonds is 5. The predicted octanol–water partition coefficient (Wildman–Crippen LogP) is 5.23. The van der Waals surface area contributed by atoms with Gasteiger partial charge in [-0.15, -0.1) is 0 Å². The minimum absolute atomic E-state index is 0.0485. The smallest absolute Gasteiger partial charge is 0.347 e. The van der Waals surface area contributed by atoms with E-state index in [1.54, 1.807) is 13.8 Å². The van der Waals surface area contributed by atoms with E-state index in [9.17, 15) is 18.0 Å². The van der Waals surface area contributed by atoms with Gasteiger partial charge in [-0.25, -0.2) is 0 Å². The highest BCUT2D eigenvalue weighted by Crippen LogP contribution is 2.25. The molecule has 0 saturated carbocycles. The molecule has 0 aliphatic rings. The number of alkyl halides is 3. The van der Waals surface area contributed by atoms with Gasteiger partial charge in [-0.05, 0) is 44.9 Å². The van der Waals surface area contributed by atoms with Gasteiger partial charge in [-0.3, -0.25) is 4.79 Å². The van der Waals surface area contributed by atoms with E-state index in [1.807, 2.05) is 0 Å². The Kier molecular flexibility index (Phi) is 5.93. The van der Waals surface area contributed by atoms with Crippen molar-refractivity contribution >= 4 is 29.1 Å². The average Bonchev–Trinajstić information content (AvgIpc) is 2.24. The zero-order valence-electron chi connectivity index (χ0n) is 11.7. The van der Waals surface area contributed by atoms with Crippen molar-refractivity contribution in [2.45, 2.75) is 44.8 Å². The Morgan fingerprint density at radius 2 is 1.62 bits per heavy atom. The van der Waals surface area contributed by atoms with E-state index in [4.69, 9.17) is 23.2 Å². The normalized spacial score (nSPS) is 12.3. The van der Waals surface area contributed by atoms with Crippen molar-refractivity contribution in [3.8, 4) is 0 Å². The minimum Gasteiger partial charge on any atom is -0.347 e. The monoisotopic (exact) mass is 341 g/mol. The van der Waals surface area contributed by atoms with Crippen LogP contribution in [0.5, 0.6) is 0 Å². The molecule has 1 N–H and O–H groups in total. The summed E-state index contributed by atoms with van der Waals surface area (Å²) in [4.78, 5) is 12.1. The summed E-state index contributed by atoms with van der Waals surface area (Å²) in [5.41, 5.74) is -0.478. The van der Waals surface area contributed by atoms with Gasteiger partial charge in [0.2, 0.25) is 0 Å². The number of hydrogen-bond acceptors (Lipinski definition) is 1. The molecular formula is C14H16Cl2F3NO. The molecule has 0 bridgehead atoms. The maximum Gasteiger partial charge on any atom is 0.389 e. The molecule has 0 radical (unpaired) electrons. The van der Waals surface area contributed by atoms with E-state index in [0.29, 0.717) is 10.0 Å². The second-order valence-electron chi connectivity index (χ2n) is 5.46. The Hall–Kier alpha value is -0.940. The highest BCUT2D eigenvalue weighted by atomic mass is 35.5. The highest BCUT2D eigenvalue weighted by Gasteiger charge is 2.29. The number of amides is 1. The van der Waals surface area contributed by atoms with Gasteiger partial charge in [-0.2, -0.15) is 13.2 Å². The van der Waals surface area contributed by atoms with Crippen molar-refractivity contribution in [1.82, 2.24) is 5.32 Å². The molecule has 1 amide bonds. The maximum atomic E-state index is 12.1. The molecule has 0 saturated heterocycles. The summed E-state index contributed by atoms with van der Waals surface area (Å²) in [6.45, 7) is 3.35. The van der Waals surface area contributed by atoms with Gasteiger partial charge in [0, 0.05) is 27.6 Å². The van der Waals surface area contributed by atoms with Crippen LogP contribution >= 0.6 is 23.2 Å². The third-order valence-corrected chi connectivity index (χ3v) is 3.28. The topological polar surface area (TPSA) is 29.1 Å². The molecular weight excluding hydrogens is 326 g/mol. The Morgan fingerprint density at radius 3 is 2.10 bits per heavy atom. The van der Waals surface area contributed by atoms with Gasteiger partial charge >= 0.3 is 6.18 Å². The van der Waals surface area contributed by atoms with Crippen molar-refractivity contribution in [3.05, 3.63) is 33.8 Å². The van der Waals surface area contributed by atoms with Crippen LogP contribution < -0.4 is 5.32 Å². The Bertz CT molecular complexity index is 495. The number of nitrogens with one attached hydrogen (secondary N) is 1. The summed E-state index contributed by atoms with van der Waals surface area (Å²) in [6.07, 6.45) is -4.88. The fourth-order valence-electron chi connectivity index (χ4n) is 1.86. The molecule has 21 heavy (non-hydrogen) atoms. The molecule has 1 rings (SSSR count). The lowest BCUT2D eigenvalue weighted by Crippen LogP contribution is -2.43. The number of carbonyl (C=O) groups excluding carboxylic acids is 1. The molecule has 0 aromatic heterocycles. The second-order valence-corrected chi connectivity index (χ2v) is 6.34. The molecule has 1 aromatic carbocycles. The van der Waals surface area contributed by atoms with Crippen molar-refractivity contribution in [1.29, 1.82) is 0 Å². The van der Waals surface area contributed by atoms with E-state index >= 15 is 0 Å². The first kappa shape index (κ1) is 18.1. The van der Waals surface area contributed by atoms with E-state index in [1.165, 1.54) is 18.2 Å². The summed E-state index contributed by atoms with van der Waals surface area (Å²) in [5, 5.41) is 3.33. The average molecular weight is 342 g/mol. The Morgan fingerprint density at radius 1 is 1.10 bits per heavy atom. The van der Waals surface area contributed by atoms with Gasteiger partial charge in [0.1, 0.15) is 0 Å². The molecule has 0 unspecified atom stereocenters. The first-order chi connectivity index (χ1) is 9.48. The van der Waals surface area contributed by atoms with Gasteiger partial charge in [0.15, 0.2) is 0 Å². The van der Waals surface area contributed by atoms with Crippen LogP contribution in [0, 0.1) is 0 Å². The van der Waals surface area contributed by atoms with Crippen LogP contribution in [0.15, 0.2) is 18.2 Å². The number of carbonyl (C=O) groups is 1. The van der Waals surface area contributed by atoms with Crippen LogP contribution in [0.2, 0.25) is 10.0 Å². The Labute approximate surface area is 131 Å². The van der Waals surface area contributed by atoms with Crippen LogP contribution in [0.1, 0.15) is 43.5 Å². The quantitative estimate of drug-likeness (QED) is 0.780. The predicted molar refractivity (Wildman–Crippen MR) is 77.9 cm³/mol. The fourth-order valence-corrected chi connectivity index (χ4v) is 2.38. The van der Waals surface area contributed by atoms with Crippen molar-refractivity contribution in [3.63, 3.8) is 0 Å². The van der Waals surface area contributed by atoms with Gasteiger partial charge in [-0.1, -0.05) is 23.2 Å². The van der Waals surface area contributed by atoms with Crippen LogP contribution in [0.25, 0.3) is 0 Å². The first-order valence-corrected chi connectivity index (χ1v) is 7.09. The van der Waals surface area contributed by atoms with Gasteiger partial charge < -0.3 is 5.32 Å². The molecule has 7 heteroatoms. The van der Waals surface area contributed by atoms with E-state index in [-0.39, 0.29) is 18.4 Å². The molecule has 0 atom stereocenters. The lowest BCUT2D eigenvalue weighted by molar-refractivity contribution is -0.136. The maximum absolute atomic E-state index is 12.1. The molecule has 0 spiro atoms. The van der Waals surface area contributed by atoms with E-state index in [2.05, 4.69) is 5.32 Å². The van der Waals surface area contributed by atoms with Crippen LogP contribution in [0.3, 0.4) is 0 Å². The first-order valence-electron chi connectivity index (χ1n) is 6.34. The van der Waals surface area contributed by atoms with E-state index in [0.717, 1.165) is 0 Å². The number of halogens is 5. The molecule has 0 fully saturated rings. The van der Waals surface area contributed by atoms with E-state index < -0.39 is 24.0 Å². The summed E-state index contributed by atoms with van der Waals surface area (Å²) >= 11 is 11.6. The summed E-state index contributed by atoms with van der Waals surface area (Å²) in [5.74, 6) is -0.420. The number of benzene rings is 1. The van der Waals surface area contributed by atoms with Crippen LogP contribution in [-0.4, -0.2) is 17.6 Å². The molecule has 0 aliphatic carbocycles. The zero-order chi connectivity index (χ0) is 16.3. The third kappa shape index (κ3) is 7.05. The summed E-state index contributed by atoms with van der Waals surface area (Å²) < 4.78 is 36.4. The van der Waals surface area contributed by atoms with Crippen molar-refractivity contribution < 1.29 is 18.0 Å². The van der Waals surface area contributed by atoms with Crippen molar-refractivity contribution in [2.24, 2.45) is 0 Å². The SMILES string of the molecule is CC(C)(CCCC(F)(F)F)NC(=O)c1cc(Cl)cc(Cl)c1. The molecule has 0 heterocycles. The third-order valence-electron chi connectivity index (χ3n) is 2.84. The van der Waals surface area contributed by atoms with Crippen LogP contribution in [-0.2, 0) is 0 Å². The molecule has 2 nitrogen and oxygen atoms in total.